The molecule has 142 valence electrons. The van der Waals surface area contributed by atoms with E-state index in [1.165, 1.54) is 6.07 Å². The Morgan fingerprint density at radius 3 is 2.39 bits per heavy atom. The van der Waals surface area contributed by atoms with Crippen LogP contribution in [0.5, 0.6) is 0 Å². The Morgan fingerprint density at radius 1 is 0.929 bits per heavy atom. The van der Waals surface area contributed by atoms with E-state index in [1.54, 1.807) is 25.1 Å². The van der Waals surface area contributed by atoms with Crippen LogP contribution in [-0.2, 0) is 6.18 Å². The number of para-hydroxylation sites is 1. The van der Waals surface area contributed by atoms with Crippen molar-refractivity contribution in [3.05, 3.63) is 66.3 Å². The highest BCUT2D eigenvalue weighted by Crippen LogP contribution is 2.39. The van der Waals surface area contributed by atoms with Crippen molar-refractivity contribution in [2.75, 3.05) is 0 Å². The summed E-state index contributed by atoms with van der Waals surface area (Å²) in [6.07, 6.45) is -4.63. The Morgan fingerprint density at radius 2 is 1.64 bits per heavy atom. The molecule has 2 heterocycles. The van der Waals surface area contributed by atoms with E-state index in [-0.39, 0.29) is 10.5 Å². The molecule has 1 unspecified atom stereocenters. The van der Waals surface area contributed by atoms with Crippen molar-refractivity contribution in [2.24, 2.45) is 0 Å². The Kier molecular flexibility index (Phi) is 4.76. The number of thioether (sulfide) groups is 1. The molecule has 0 amide bonds. The van der Waals surface area contributed by atoms with Gasteiger partial charge in [0.05, 0.1) is 10.8 Å². The molecular weight excluding hydrogens is 389 g/mol. The molecule has 1 atom stereocenters. The van der Waals surface area contributed by atoms with Crippen LogP contribution < -0.4 is 0 Å². The van der Waals surface area contributed by atoms with Gasteiger partial charge in [0, 0.05) is 10.9 Å². The van der Waals surface area contributed by atoms with E-state index in [1.807, 2.05) is 30.3 Å². The molecule has 0 saturated heterocycles. The lowest BCUT2D eigenvalue weighted by molar-refractivity contribution is -0.145. The summed E-state index contributed by atoms with van der Waals surface area (Å²) < 4.78 is 45.2. The minimum atomic E-state index is -4.63. The molecular formula is C19H13F3N4OS. The second kappa shape index (κ2) is 7.23. The predicted octanol–water partition coefficient (Wildman–Crippen LogP) is 5.55. The van der Waals surface area contributed by atoms with Crippen LogP contribution in [0.2, 0.25) is 0 Å². The Labute approximate surface area is 162 Å². The van der Waals surface area contributed by atoms with Crippen molar-refractivity contribution in [3.8, 4) is 11.5 Å². The van der Waals surface area contributed by atoms with Crippen molar-refractivity contribution >= 4 is 22.7 Å². The zero-order valence-electron chi connectivity index (χ0n) is 14.5. The highest BCUT2D eigenvalue weighted by Gasteiger charge is 2.36. The molecule has 0 fully saturated rings. The van der Waals surface area contributed by atoms with E-state index in [2.05, 4.69) is 20.2 Å². The zero-order chi connectivity index (χ0) is 19.7. The summed E-state index contributed by atoms with van der Waals surface area (Å²) in [5, 5.41) is 8.41. The first-order chi connectivity index (χ1) is 13.4. The number of nitrogens with zero attached hydrogens (tertiary/aromatic N) is 4. The molecule has 2 aromatic heterocycles. The van der Waals surface area contributed by atoms with E-state index < -0.39 is 17.3 Å². The molecule has 0 radical (unpaired) electrons. The lowest BCUT2D eigenvalue weighted by Gasteiger charge is -2.12. The average molecular weight is 402 g/mol. The number of halogens is 3. The quantitative estimate of drug-likeness (QED) is 0.329. The second-order valence-electron chi connectivity index (χ2n) is 5.94. The van der Waals surface area contributed by atoms with Crippen LogP contribution in [0, 0.1) is 0 Å². The molecule has 4 aromatic rings. The lowest BCUT2D eigenvalue weighted by Crippen LogP contribution is -2.12. The molecule has 0 aliphatic rings. The number of rotatable bonds is 4. The van der Waals surface area contributed by atoms with Gasteiger partial charge in [-0.3, -0.25) is 0 Å². The third-order valence-electron chi connectivity index (χ3n) is 3.92. The number of fused-ring (bicyclic) bond motifs is 1. The van der Waals surface area contributed by atoms with Crippen LogP contribution in [0.3, 0.4) is 0 Å². The number of alkyl halides is 3. The molecule has 0 bridgehead atoms. The summed E-state index contributed by atoms with van der Waals surface area (Å²) in [6.45, 7) is 1.77. The Balaban J connectivity index is 1.67. The van der Waals surface area contributed by atoms with E-state index in [4.69, 9.17) is 4.42 Å². The zero-order valence-corrected chi connectivity index (χ0v) is 15.3. The average Bonchev–Trinajstić information content (AvgIpc) is 3.18. The number of hydrogen-bond acceptors (Lipinski definition) is 6. The van der Waals surface area contributed by atoms with Gasteiger partial charge in [-0.2, -0.15) is 13.2 Å². The van der Waals surface area contributed by atoms with Crippen LogP contribution in [0.15, 0.2) is 64.0 Å². The Hall–Kier alpha value is -2.94. The van der Waals surface area contributed by atoms with Crippen molar-refractivity contribution in [2.45, 2.75) is 23.4 Å². The maximum absolute atomic E-state index is 13.2. The topological polar surface area (TPSA) is 64.7 Å². The maximum atomic E-state index is 13.2. The summed E-state index contributed by atoms with van der Waals surface area (Å²) in [7, 11) is 0. The van der Waals surface area contributed by atoms with Crippen molar-refractivity contribution in [3.63, 3.8) is 0 Å². The van der Waals surface area contributed by atoms with Gasteiger partial charge < -0.3 is 4.42 Å². The van der Waals surface area contributed by atoms with Crippen LogP contribution >= 0.6 is 11.8 Å². The van der Waals surface area contributed by atoms with Gasteiger partial charge in [-0.1, -0.05) is 48.2 Å². The third-order valence-corrected chi connectivity index (χ3v) is 5.01. The van der Waals surface area contributed by atoms with Gasteiger partial charge in [0.25, 0.3) is 0 Å². The Bertz CT molecular complexity index is 1120. The molecule has 0 N–H and O–H groups in total. The molecule has 9 heteroatoms. The molecule has 5 nitrogen and oxygen atoms in total. The molecule has 4 rings (SSSR count). The van der Waals surface area contributed by atoms with Gasteiger partial charge in [-0.25, -0.2) is 9.97 Å². The molecule has 0 aliphatic carbocycles. The van der Waals surface area contributed by atoms with Gasteiger partial charge >= 0.3 is 6.18 Å². The fourth-order valence-electron chi connectivity index (χ4n) is 2.58. The van der Waals surface area contributed by atoms with Crippen LogP contribution in [0.1, 0.15) is 23.9 Å². The van der Waals surface area contributed by atoms with Crippen LogP contribution in [0.25, 0.3) is 22.4 Å². The fraction of sp³-hybridized carbons (Fsp3) is 0.158. The van der Waals surface area contributed by atoms with E-state index in [0.717, 1.165) is 17.3 Å². The number of hydrogen-bond donors (Lipinski definition) is 0. The normalized spacial score (nSPS) is 13.0. The predicted molar refractivity (Wildman–Crippen MR) is 98.5 cm³/mol. The number of aromatic nitrogens is 4. The molecule has 2 aromatic carbocycles. The van der Waals surface area contributed by atoms with Crippen LogP contribution in [-0.4, -0.2) is 20.2 Å². The first kappa shape index (κ1) is 18.4. The standard InChI is InChI=1S/C19H13F3N4OS/c1-11(15-25-26-16(27-15)12-7-3-2-4-8-12)28-17-13-9-5-6-10-14(13)23-18(24-17)19(20,21)22/h2-11H,1H3. The van der Waals surface area contributed by atoms with Gasteiger partial charge in [-0.15, -0.1) is 10.2 Å². The van der Waals surface area contributed by atoms with Gasteiger partial charge in [0.1, 0.15) is 5.03 Å². The van der Waals surface area contributed by atoms with Gasteiger partial charge in [0.15, 0.2) is 0 Å². The van der Waals surface area contributed by atoms with Crippen LogP contribution in [0.4, 0.5) is 13.2 Å². The molecule has 28 heavy (non-hydrogen) atoms. The van der Waals surface area contributed by atoms with E-state index >= 15 is 0 Å². The van der Waals surface area contributed by atoms with Gasteiger partial charge in [0.2, 0.25) is 17.6 Å². The van der Waals surface area contributed by atoms with Crippen molar-refractivity contribution < 1.29 is 17.6 Å². The number of benzene rings is 2. The molecule has 0 spiro atoms. The summed E-state index contributed by atoms with van der Waals surface area (Å²) in [5.74, 6) is -0.511. The first-order valence-electron chi connectivity index (χ1n) is 8.31. The van der Waals surface area contributed by atoms with Crippen molar-refractivity contribution in [1.82, 2.24) is 20.2 Å². The van der Waals surface area contributed by atoms with Crippen molar-refractivity contribution in [1.29, 1.82) is 0 Å². The monoisotopic (exact) mass is 402 g/mol. The molecule has 0 saturated carbocycles. The third kappa shape index (κ3) is 3.70. The fourth-order valence-corrected chi connectivity index (χ4v) is 3.55. The largest absolute Gasteiger partial charge is 0.451 e. The summed E-state index contributed by atoms with van der Waals surface area (Å²) >= 11 is 1.12. The minimum absolute atomic E-state index is 0.213. The second-order valence-corrected chi connectivity index (χ2v) is 7.27. The highest BCUT2D eigenvalue weighted by atomic mass is 32.2. The SMILES string of the molecule is CC(Sc1nc(C(F)(F)F)nc2ccccc12)c1nnc(-c2ccccc2)o1. The highest BCUT2D eigenvalue weighted by molar-refractivity contribution is 7.99. The van der Waals surface area contributed by atoms with E-state index in [0.29, 0.717) is 17.2 Å². The molecule has 0 aliphatic heterocycles. The summed E-state index contributed by atoms with van der Waals surface area (Å²) in [5.41, 5.74) is 1.00. The smallest absolute Gasteiger partial charge is 0.419 e. The summed E-state index contributed by atoms with van der Waals surface area (Å²) in [6, 6.07) is 15.8. The maximum Gasteiger partial charge on any atom is 0.451 e. The minimum Gasteiger partial charge on any atom is -0.419 e. The van der Waals surface area contributed by atoms with E-state index in [9.17, 15) is 13.2 Å². The van der Waals surface area contributed by atoms with Gasteiger partial charge in [-0.05, 0) is 25.1 Å². The first-order valence-corrected chi connectivity index (χ1v) is 9.19. The summed E-state index contributed by atoms with van der Waals surface area (Å²) in [4.78, 5) is 7.37. The lowest BCUT2D eigenvalue weighted by atomic mass is 10.2.